The Morgan fingerprint density at radius 3 is 2.55 bits per heavy atom. The molecule has 0 saturated carbocycles. The molecule has 0 radical (unpaired) electrons. The van der Waals surface area contributed by atoms with Gasteiger partial charge in [0.2, 0.25) is 10.0 Å². The van der Waals surface area contributed by atoms with E-state index in [1.54, 1.807) is 10.4 Å². The van der Waals surface area contributed by atoms with Crippen molar-refractivity contribution in [1.29, 1.82) is 0 Å². The predicted octanol–water partition coefficient (Wildman–Crippen LogP) is 3.12. The summed E-state index contributed by atoms with van der Waals surface area (Å²) in [5.74, 6) is 0.647. The zero-order chi connectivity index (χ0) is 14.8. The van der Waals surface area contributed by atoms with Crippen molar-refractivity contribution in [2.75, 3.05) is 18.8 Å². The van der Waals surface area contributed by atoms with E-state index >= 15 is 0 Å². The van der Waals surface area contributed by atoms with Crippen LogP contribution in [0.2, 0.25) is 5.02 Å². The summed E-state index contributed by atoms with van der Waals surface area (Å²) in [6.07, 6.45) is 4.19. The van der Waals surface area contributed by atoms with Gasteiger partial charge < -0.3 is 5.73 Å². The molecule has 0 aliphatic carbocycles. The number of hydrogen-bond acceptors (Lipinski definition) is 3. The van der Waals surface area contributed by atoms with E-state index in [2.05, 4.69) is 6.92 Å². The van der Waals surface area contributed by atoms with Crippen molar-refractivity contribution in [2.45, 2.75) is 37.5 Å². The standard InChI is InChI=1S/C14H21ClN2O2S/c1-2-3-11-6-8-17(9-7-11)20(18,19)14-5-4-12(15)10-13(14)16/h4-5,10-11H,2-3,6-9,16H2,1H3. The highest BCUT2D eigenvalue weighted by molar-refractivity contribution is 7.89. The number of sulfonamides is 1. The second-order valence-electron chi connectivity index (χ2n) is 5.32. The van der Waals surface area contributed by atoms with Gasteiger partial charge in [-0.3, -0.25) is 0 Å². The van der Waals surface area contributed by atoms with Crippen LogP contribution < -0.4 is 5.73 Å². The van der Waals surface area contributed by atoms with Crippen LogP contribution in [-0.4, -0.2) is 25.8 Å². The third-order valence-electron chi connectivity index (χ3n) is 3.86. The molecule has 112 valence electrons. The zero-order valence-electron chi connectivity index (χ0n) is 11.7. The smallest absolute Gasteiger partial charge is 0.245 e. The van der Waals surface area contributed by atoms with E-state index in [1.807, 2.05) is 0 Å². The monoisotopic (exact) mass is 316 g/mol. The van der Waals surface area contributed by atoms with Crippen molar-refractivity contribution >= 4 is 27.3 Å². The summed E-state index contributed by atoms with van der Waals surface area (Å²) >= 11 is 5.82. The topological polar surface area (TPSA) is 63.4 Å². The second-order valence-corrected chi connectivity index (χ2v) is 7.66. The van der Waals surface area contributed by atoms with Crippen LogP contribution in [0.5, 0.6) is 0 Å². The lowest BCUT2D eigenvalue weighted by Crippen LogP contribution is -2.38. The van der Waals surface area contributed by atoms with Gasteiger partial charge in [0, 0.05) is 18.1 Å². The van der Waals surface area contributed by atoms with Gasteiger partial charge in [-0.25, -0.2) is 8.42 Å². The van der Waals surface area contributed by atoms with Crippen LogP contribution in [-0.2, 0) is 10.0 Å². The molecule has 2 N–H and O–H groups in total. The van der Waals surface area contributed by atoms with Crippen LogP contribution in [0.25, 0.3) is 0 Å². The number of rotatable bonds is 4. The van der Waals surface area contributed by atoms with Crippen LogP contribution in [0.3, 0.4) is 0 Å². The molecule has 1 aromatic rings. The fraction of sp³-hybridized carbons (Fsp3) is 0.571. The number of benzene rings is 1. The van der Waals surface area contributed by atoms with E-state index in [4.69, 9.17) is 17.3 Å². The van der Waals surface area contributed by atoms with E-state index in [1.165, 1.54) is 18.6 Å². The molecule has 1 aromatic carbocycles. The van der Waals surface area contributed by atoms with Crippen LogP contribution in [0, 0.1) is 5.92 Å². The fourth-order valence-corrected chi connectivity index (χ4v) is 4.49. The first-order valence-electron chi connectivity index (χ1n) is 7.00. The van der Waals surface area contributed by atoms with Gasteiger partial charge >= 0.3 is 0 Å². The molecule has 0 unspecified atom stereocenters. The van der Waals surface area contributed by atoms with E-state index in [-0.39, 0.29) is 10.6 Å². The zero-order valence-corrected chi connectivity index (χ0v) is 13.3. The maximum absolute atomic E-state index is 12.6. The lowest BCUT2D eigenvalue weighted by Gasteiger charge is -2.31. The Hall–Kier alpha value is -0.780. The summed E-state index contributed by atoms with van der Waals surface area (Å²) < 4.78 is 26.7. The summed E-state index contributed by atoms with van der Waals surface area (Å²) in [5.41, 5.74) is 6.01. The van der Waals surface area contributed by atoms with Gasteiger partial charge in [-0.2, -0.15) is 4.31 Å². The number of nitrogen functional groups attached to an aromatic ring is 1. The Balaban J connectivity index is 2.15. The predicted molar refractivity (Wildman–Crippen MR) is 82.3 cm³/mol. The minimum Gasteiger partial charge on any atom is -0.398 e. The molecule has 0 aromatic heterocycles. The van der Waals surface area contributed by atoms with Crippen LogP contribution in [0.4, 0.5) is 5.69 Å². The summed E-state index contributed by atoms with van der Waals surface area (Å²) in [6.45, 7) is 3.32. The maximum Gasteiger partial charge on any atom is 0.245 e. The Labute approximate surface area is 126 Å². The highest BCUT2D eigenvalue weighted by Gasteiger charge is 2.30. The average molecular weight is 317 g/mol. The SMILES string of the molecule is CCCC1CCN(S(=O)(=O)c2ccc(Cl)cc2N)CC1. The minimum atomic E-state index is -3.50. The molecule has 20 heavy (non-hydrogen) atoms. The lowest BCUT2D eigenvalue weighted by atomic mass is 9.94. The number of piperidine rings is 1. The molecule has 0 atom stereocenters. The molecule has 1 saturated heterocycles. The number of nitrogens with two attached hydrogens (primary N) is 1. The number of halogens is 1. The number of nitrogens with zero attached hydrogens (tertiary/aromatic N) is 1. The molecular weight excluding hydrogens is 296 g/mol. The quantitative estimate of drug-likeness (QED) is 0.868. The van der Waals surface area contributed by atoms with Crippen LogP contribution in [0.1, 0.15) is 32.6 Å². The molecule has 1 heterocycles. The van der Waals surface area contributed by atoms with Crippen LogP contribution >= 0.6 is 11.6 Å². The molecule has 0 amide bonds. The molecule has 0 spiro atoms. The summed E-state index contributed by atoms with van der Waals surface area (Å²) in [4.78, 5) is 0.163. The van der Waals surface area contributed by atoms with Gasteiger partial charge in [-0.1, -0.05) is 31.4 Å². The van der Waals surface area contributed by atoms with Crippen molar-refractivity contribution in [1.82, 2.24) is 4.31 Å². The van der Waals surface area contributed by atoms with Crippen molar-refractivity contribution in [3.63, 3.8) is 0 Å². The highest BCUT2D eigenvalue weighted by Crippen LogP contribution is 2.29. The number of hydrogen-bond donors (Lipinski definition) is 1. The first-order chi connectivity index (χ1) is 9.45. The fourth-order valence-electron chi connectivity index (χ4n) is 2.74. The van der Waals surface area contributed by atoms with E-state index in [0.717, 1.165) is 19.3 Å². The Kier molecular flexibility index (Phi) is 4.94. The minimum absolute atomic E-state index is 0.163. The Bertz CT molecular complexity index is 567. The summed E-state index contributed by atoms with van der Waals surface area (Å²) in [7, 11) is -3.50. The molecule has 1 aliphatic heterocycles. The first-order valence-corrected chi connectivity index (χ1v) is 8.82. The van der Waals surface area contributed by atoms with Gasteiger partial charge in [0.15, 0.2) is 0 Å². The first kappa shape index (κ1) is 15.6. The molecule has 4 nitrogen and oxygen atoms in total. The molecule has 1 fully saturated rings. The Morgan fingerprint density at radius 2 is 2.00 bits per heavy atom. The third-order valence-corrected chi connectivity index (χ3v) is 6.07. The van der Waals surface area contributed by atoms with E-state index in [0.29, 0.717) is 24.0 Å². The van der Waals surface area contributed by atoms with Crippen molar-refractivity contribution in [2.24, 2.45) is 5.92 Å². The van der Waals surface area contributed by atoms with Gasteiger partial charge in [0.1, 0.15) is 4.90 Å². The Morgan fingerprint density at radius 1 is 1.35 bits per heavy atom. The van der Waals surface area contributed by atoms with Gasteiger partial charge in [0.05, 0.1) is 5.69 Å². The summed E-state index contributed by atoms with van der Waals surface area (Å²) in [6, 6.07) is 4.54. The number of anilines is 1. The van der Waals surface area contributed by atoms with Gasteiger partial charge in [-0.15, -0.1) is 0 Å². The average Bonchev–Trinajstić information content (AvgIpc) is 2.39. The normalized spacial score (nSPS) is 18.3. The molecule has 6 heteroatoms. The van der Waals surface area contributed by atoms with E-state index in [9.17, 15) is 8.42 Å². The largest absolute Gasteiger partial charge is 0.398 e. The molecule has 2 rings (SSSR count). The molecule has 1 aliphatic rings. The third kappa shape index (κ3) is 3.27. The van der Waals surface area contributed by atoms with Crippen molar-refractivity contribution in [3.05, 3.63) is 23.2 Å². The van der Waals surface area contributed by atoms with Gasteiger partial charge in [-0.05, 0) is 37.0 Å². The van der Waals surface area contributed by atoms with Crippen molar-refractivity contribution < 1.29 is 8.42 Å². The maximum atomic E-state index is 12.6. The highest BCUT2D eigenvalue weighted by atomic mass is 35.5. The molecule has 0 bridgehead atoms. The lowest BCUT2D eigenvalue weighted by molar-refractivity contribution is 0.262. The second kappa shape index (κ2) is 6.33. The van der Waals surface area contributed by atoms with Crippen molar-refractivity contribution in [3.8, 4) is 0 Å². The molecular formula is C14H21ClN2O2S. The van der Waals surface area contributed by atoms with Gasteiger partial charge in [0.25, 0.3) is 0 Å². The summed E-state index contributed by atoms with van der Waals surface area (Å²) in [5, 5.41) is 0.447. The van der Waals surface area contributed by atoms with Crippen LogP contribution in [0.15, 0.2) is 23.1 Å². The van der Waals surface area contributed by atoms with E-state index < -0.39 is 10.0 Å².